The van der Waals surface area contributed by atoms with Gasteiger partial charge in [-0.1, -0.05) is 29.8 Å². The molecule has 0 atom stereocenters. The summed E-state index contributed by atoms with van der Waals surface area (Å²) < 4.78 is 28.3. The number of carbonyl (C=O) groups excluding carboxylic acids is 1. The zero-order valence-corrected chi connectivity index (χ0v) is 17.2. The average Bonchev–Trinajstić information content (AvgIpc) is 2.67. The monoisotopic (exact) mass is 431 g/mol. The highest BCUT2D eigenvalue weighted by atomic mass is 35.5. The molecule has 0 spiro atoms. The summed E-state index contributed by atoms with van der Waals surface area (Å²) in [6, 6.07) is 11.3. The van der Waals surface area contributed by atoms with E-state index >= 15 is 0 Å². The Balaban J connectivity index is 2.03. The number of hydrogen-bond donors (Lipinski definition) is 3. The van der Waals surface area contributed by atoms with Crippen LogP contribution in [0.15, 0.2) is 53.6 Å². The Labute approximate surface area is 173 Å². The molecule has 1 heterocycles. The van der Waals surface area contributed by atoms with Crippen molar-refractivity contribution in [3.05, 3.63) is 64.9 Å². The van der Waals surface area contributed by atoms with Gasteiger partial charge in [-0.3, -0.25) is 9.52 Å². The molecule has 1 aromatic heterocycles. The van der Waals surface area contributed by atoms with E-state index in [1.807, 2.05) is 13.0 Å². The van der Waals surface area contributed by atoms with Gasteiger partial charge in [0.05, 0.1) is 16.9 Å². The fourth-order valence-corrected chi connectivity index (χ4v) is 4.19. The van der Waals surface area contributed by atoms with Crippen molar-refractivity contribution < 1.29 is 13.2 Å². The molecular formula is C19H18ClN5O3S. The van der Waals surface area contributed by atoms with Crippen LogP contribution in [0.1, 0.15) is 16.1 Å². The average molecular weight is 432 g/mol. The maximum Gasteiger partial charge on any atom is 0.273 e. The molecule has 1 amide bonds. The SMILES string of the molecule is CNC(=O)c1nc(-c2ccc(Cl)c(S(=O)(=O)Nc3cccc(C)c3)c2)cnc1N. The summed E-state index contributed by atoms with van der Waals surface area (Å²) in [5.41, 5.74) is 7.67. The summed E-state index contributed by atoms with van der Waals surface area (Å²) in [6.45, 7) is 1.86. The number of nitrogens with two attached hydrogens (primary N) is 1. The minimum Gasteiger partial charge on any atom is -0.382 e. The van der Waals surface area contributed by atoms with Crippen molar-refractivity contribution in [2.45, 2.75) is 11.8 Å². The van der Waals surface area contributed by atoms with Crippen LogP contribution >= 0.6 is 11.6 Å². The number of hydrogen-bond acceptors (Lipinski definition) is 6. The second-order valence-corrected chi connectivity index (χ2v) is 8.25. The fourth-order valence-electron chi connectivity index (χ4n) is 2.61. The van der Waals surface area contributed by atoms with Crippen molar-refractivity contribution in [2.75, 3.05) is 17.5 Å². The Morgan fingerprint density at radius 3 is 2.62 bits per heavy atom. The predicted octanol–water partition coefficient (Wildman–Crippen LogP) is 2.85. The first kappa shape index (κ1) is 20.6. The second-order valence-electron chi connectivity index (χ2n) is 6.19. The second kappa shape index (κ2) is 8.06. The third-order valence-electron chi connectivity index (χ3n) is 4.03. The van der Waals surface area contributed by atoms with Crippen LogP contribution in [0.2, 0.25) is 5.02 Å². The molecular weight excluding hydrogens is 414 g/mol. The smallest absolute Gasteiger partial charge is 0.273 e. The number of nitrogen functional groups attached to an aromatic ring is 1. The van der Waals surface area contributed by atoms with Crippen molar-refractivity contribution in [2.24, 2.45) is 0 Å². The van der Waals surface area contributed by atoms with Gasteiger partial charge < -0.3 is 11.1 Å². The molecule has 29 heavy (non-hydrogen) atoms. The Bertz CT molecular complexity index is 1200. The van der Waals surface area contributed by atoms with Gasteiger partial charge in [-0.15, -0.1) is 0 Å². The number of aromatic nitrogens is 2. The molecule has 0 saturated carbocycles. The van der Waals surface area contributed by atoms with Gasteiger partial charge >= 0.3 is 0 Å². The lowest BCUT2D eigenvalue weighted by atomic mass is 10.1. The van der Waals surface area contributed by atoms with Gasteiger partial charge in [0.15, 0.2) is 11.5 Å². The number of benzene rings is 2. The van der Waals surface area contributed by atoms with Crippen molar-refractivity contribution in [1.82, 2.24) is 15.3 Å². The quantitative estimate of drug-likeness (QED) is 0.570. The number of carbonyl (C=O) groups is 1. The lowest BCUT2D eigenvalue weighted by molar-refractivity contribution is 0.0959. The predicted molar refractivity (Wildman–Crippen MR) is 112 cm³/mol. The van der Waals surface area contributed by atoms with E-state index in [4.69, 9.17) is 17.3 Å². The minimum atomic E-state index is -3.96. The van der Waals surface area contributed by atoms with Crippen LogP contribution in [0.25, 0.3) is 11.3 Å². The number of aryl methyl sites for hydroxylation is 1. The molecule has 0 unspecified atom stereocenters. The molecule has 2 aromatic carbocycles. The minimum absolute atomic E-state index is 0.0315. The Morgan fingerprint density at radius 1 is 1.17 bits per heavy atom. The van der Waals surface area contributed by atoms with Crippen LogP contribution in [0, 0.1) is 6.92 Å². The molecule has 0 aliphatic rings. The first-order valence-electron chi connectivity index (χ1n) is 8.45. The van der Waals surface area contributed by atoms with Gasteiger partial charge in [0, 0.05) is 18.3 Å². The first-order chi connectivity index (χ1) is 13.7. The van der Waals surface area contributed by atoms with Crippen LogP contribution < -0.4 is 15.8 Å². The number of nitrogens with one attached hydrogen (secondary N) is 2. The van der Waals surface area contributed by atoms with E-state index in [9.17, 15) is 13.2 Å². The number of nitrogens with zero attached hydrogens (tertiary/aromatic N) is 2. The highest BCUT2D eigenvalue weighted by Crippen LogP contribution is 2.29. The van der Waals surface area contributed by atoms with Gasteiger partial charge in [-0.2, -0.15) is 0 Å². The lowest BCUT2D eigenvalue weighted by Gasteiger charge is -2.12. The molecule has 0 fully saturated rings. The normalized spacial score (nSPS) is 11.1. The molecule has 0 saturated heterocycles. The van der Waals surface area contributed by atoms with Crippen LogP contribution in [0.4, 0.5) is 11.5 Å². The van der Waals surface area contributed by atoms with E-state index in [1.165, 1.54) is 25.4 Å². The summed E-state index contributed by atoms with van der Waals surface area (Å²) in [5.74, 6) is -0.532. The van der Waals surface area contributed by atoms with Crippen molar-refractivity contribution in [1.29, 1.82) is 0 Å². The van der Waals surface area contributed by atoms with Gasteiger partial charge in [0.2, 0.25) is 0 Å². The molecule has 0 radical (unpaired) electrons. The third-order valence-corrected chi connectivity index (χ3v) is 5.89. The van der Waals surface area contributed by atoms with Gasteiger partial charge in [0.25, 0.3) is 15.9 Å². The zero-order chi connectivity index (χ0) is 21.2. The Morgan fingerprint density at radius 2 is 1.93 bits per heavy atom. The number of sulfonamides is 1. The molecule has 0 bridgehead atoms. The van der Waals surface area contributed by atoms with E-state index in [2.05, 4.69) is 20.0 Å². The Kier molecular flexibility index (Phi) is 5.71. The van der Waals surface area contributed by atoms with Crippen LogP contribution in [-0.4, -0.2) is 31.3 Å². The molecule has 3 rings (SSSR count). The zero-order valence-electron chi connectivity index (χ0n) is 15.6. The largest absolute Gasteiger partial charge is 0.382 e. The van der Waals surface area contributed by atoms with E-state index in [-0.39, 0.29) is 27.1 Å². The summed E-state index contributed by atoms with van der Waals surface area (Å²) in [7, 11) is -2.52. The molecule has 0 aliphatic heterocycles. The molecule has 0 aliphatic carbocycles. The fraction of sp³-hybridized carbons (Fsp3) is 0.105. The van der Waals surface area contributed by atoms with E-state index < -0.39 is 15.9 Å². The molecule has 10 heteroatoms. The number of rotatable bonds is 5. The summed E-state index contributed by atoms with van der Waals surface area (Å²) in [4.78, 5) is 20.0. The third kappa shape index (κ3) is 4.47. The van der Waals surface area contributed by atoms with Gasteiger partial charge in [-0.05, 0) is 36.8 Å². The summed E-state index contributed by atoms with van der Waals surface area (Å²) in [6.07, 6.45) is 1.36. The topological polar surface area (TPSA) is 127 Å². The van der Waals surface area contributed by atoms with Crippen molar-refractivity contribution in [3.63, 3.8) is 0 Å². The Hall–Kier alpha value is -3.17. The first-order valence-corrected chi connectivity index (χ1v) is 10.3. The van der Waals surface area contributed by atoms with E-state index in [1.54, 1.807) is 24.3 Å². The summed E-state index contributed by atoms with van der Waals surface area (Å²) >= 11 is 6.16. The maximum atomic E-state index is 12.9. The van der Waals surface area contributed by atoms with Crippen LogP contribution in [0.3, 0.4) is 0 Å². The van der Waals surface area contributed by atoms with Gasteiger partial charge in [0.1, 0.15) is 4.90 Å². The molecule has 150 valence electrons. The lowest BCUT2D eigenvalue weighted by Crippen LogP contribution is -2.21. The summed E-state index contributed by atoms with van der Waals surface area (Å²) in [5, 5.41) is 2.47. The molecule has 3 aromatic rings. The van der Waals surface area contributed by atoms with E-state index in [0.717, 1.165) is 5.56 Å². The number of anilines is 2. The van der Waals surface area contributed by atoms with E-state index in [0.29, 0.717) is 11.3 Å². The molecule has 4 N–H and O–H groups in total. The highest BCUT2D eigenvalue weighted by molar-refractivity contribution is 7.92. The van der Waals surface area contributed by atoms with Crippen molar-refractivity contribution >= 4 is 39.0 Å². The number of halogens is 1. The van der Waals surface area contributed by atoms with Crippen LogP contribution in [-0.2, 0) is 10.0 Å². The van der Waals surface area contributed by atoms with Gasteiger partial charge in [-0.25, -0.2) is 18.4 Å². The standard InChI is InChI=1S/C19H18ClN5O3S/c1-11-4-3-5-13(8-11)25-29(27,28)16-9-12(6-7-14(16)20)15-10-23-18(21)17(24-15)19(26)22-2/h3-10,25H,1-2H3,(H2,21,23)(H,22,26). The maximum absolute atomic E-state index is 12.9. The van der Waals surface area contributed by atoms with Crippen molar-refractivity contribution in [3.8, 4) is 11.3 Å². The molecule has 8 nitrogen and oxygen atoms in total. The number of amides is 1. The van der Waals surface area contributed by atoms with Crippen LogP contribution in [0.5, 0.6) is 0 Å². The highest BCUT2D eigenvalue weighted by Gasteiger charge is 2.20.